The first-order valence-corrected chi connectivity index (χ1v) is 8.76. The van der Waals surface area contributed by atoms with E-state index in [1.807, 2.05) is 0 Å². The molecule has 0 bridgehead atoms. The van der Waals surface area contributed by atoms with E-state index in [9.17, 15) is 0 Å². The van der Waals surface area contributed by atoms with E-state index in [-0.39, 0.29) is 0 Å². The third kappa shape index (κ3) is 10.4. The van der Waals surface area contributed by atoms with Gasteiger partial charge in [0.15, 0.2) is 0 Å². The Morgan fingerprint density at radius 3 is 1.45 bits per heavy atom. The zero-order valence-electron chi connectivity index (χ0n) is 8.69. The van der Waals surface area contributed by atoms with Crippen molar-refractivity contribution in [2.24, 2.45) is 0 Å². The van der Waals surface area contributed by atoms with Crippen LogP contribution in [-0.4, -0.2) is 19.0 Å². The van der Waals surface area contributed by atoms with Crippen molar-refractivity contribution in [3.05, 3.63) is 0 Å². The summed E-state index contributed by atoms with van der Waals surface area (Å²) >= 11 is 0. The van der Waals surface area contributed by atoms with Crippen LogP contribution in [0.3, 0.4) is 0 Å². The lowest BCUT2D eigenvalue weighted by Gasteiger charge is -2.04. The van der Waals surface area contributed by atoms with Gasteiger partial charge in [0.1, 0.15) is 0 Å². The van der Waals surface area contributed by atoms with Gasteiger partial charge >= 0.3 is 0 Å². The first-order valence-electron chi connectivity index (χ1n) is 5.13. The molecule has 0 saturated heterocycles. The van der Waals surface area contributed by atoms with Gasteiger partial charge in [0.2, 0.25) is 0 Å². The molecule has 0 aromatic rings. The van der Waals surface area contributed by atoms with Crippen LogP contribution in [0.2, 0.25) is 23.2 Å². The summed E-state index contributed by atoms with van der Waals surface area (Å²) < 4.78 is 0. The molecule has 0 atom stereocenters. The smallest absolute Gasteiger partial charge is 0.0224 e. The Bertz CT molecular complexity index is 69.6. The molecule has 0 unspecified atom stereocenters. The predicted molar refractivity (Wildman–Crippen MR) is 61.5 cm³/mol. The zero-order chi connectivity index (χ0) is 8.69. The van der Waals surface area contributed by atoms with Crippen LogP contribution in [0.15, 0.2) is 0 Å². The second kappa shape index (κ2) is 7.10. The van der Waals surface area contributed by atoms with Crippen LogP contribution in [0.25, 0.3) is 0 Å². The molecule has 68 valence electrons. The first kappa shape index (κ1) is 11.4. The van der Waals surface area contributed by atoms with Gasteiger partial charge in [0.25, 0.3) is 0 Å². The highest BCUT2D eigenvalue weighted by Crippen LogP contribution is 2.08. The van der Waals surface area contributed by atoms with E-state index >= 15 is 0 Å². The predicted octanol–water partition coefficient (Wildman–Crippen LogP) is 2.21. The topological polar surface area (TPSA) is 0 Å². The largest absolute Gasteiger partial charge is 0.0657 e. The highest BCUT2D eigenvalue weighted by Gasteiger charge is 1.97. The van der Waals surface area contributed by atoms with Crippen molar-refractivity contribution in [1.29, 1.82) is 0 Å². The van der Waals surface area contributed by atoms with Crippen LogP contribution in [-0.2, 0) is 0 Å². The van der Waals surface area contributed by atoms with Crippen molar-refractivity contribution in [2.75, 3.05) is 0 Å². The van der Waals surface area contributed by atoms with Gasteiger partial charge in [-0.05, 0) is 0 Å². The maximum Gasteiger partial charge on any atom is 0.0224 e. The molecular weight excluding hydrogens is 164 g/mol. The van der Waals surface area contributed by atoms with Crippen LogP contribution >= 0.6 is 0 Å². The fraction of sp³-hybridized carbons (Fsp3) is 1.00. The van der Waals surface area contributed by atoms with Gasteiger partial charge in [-0.3, -0.25) is 0 Å². The number of hydrogen-bond donors (Lipinski definition) is 0. The Balaban J connectivity index is 2.91. The molecule has 0 radical (unpaired) electrons. The third-order valence-corrected chi connectivity index (χ3v) is 6.19. The molecular formula is C9H24Si2. The Kier molecular flexibility index (Phi) is 7.38. The van der Waals surface area contributed by atoms with E-state index in [4.69, 9.17) is 0 Å². The minimum atomic E-state index is 0.323. The average Bonchev–Trinajstić information content (AvgIpc) is 1.85. The van der Waals surface area contributed by atoms with E-state index in [1.165, 1.54) is 0 Å². The Morgan fingerprint density at radius 2 is 1.18 bits per heavy atom. The summed E-state index contributed by atoms with van der Waals surface area (Å²) in [5.74, 6) is 0. The van der Waals surface area contributed by atoms with Crippen molar-refractivity contribution < 1.29 is 0 Å². The Morgan fingerprint density at radius 1 is 0.818 bits per heavy atom. The zero-order valence-corrected chi connectivity index (χ0v) is 11.5. The summed E-state index contributed by atoms with van der Waals surface area (Å²) in [6.07, 6.45) is 1.56. The second-order valence-electron chi connectivity index (χ2n) is 4.43. The summed E-state index contributed by atoms with van der Waals surface area (Å²) in [5, 5.41) is 0. The molecule has 0 amide bonds. The SMILES string of the molecule is CC(C)[SiH2]CCC[SiH2]C(C)C. The lowest BCUT2D eigenvalue weighted by atomic mass is 10.5. The second-order valence-corrected chi connectivity index (χ2v) is 10.3. The van der Waals surface area contributed by atoms with Gasteiger partial charge in [-0.25, -0.2) is 0 Å². The lowest BCUT2D eigenvalue weighted by Crippen LogP contribution is -1.98. The van der Waals surface area contributed by atoms with E-state index in [1.54, 1.807) is 18.5 Å². The quantitative estimate of drug-likeness (QED) is 0.443. The van der Waals surface area contributed by atoms with E-state index < -0.39 is 0 Å². The molecule has 0 N–H and O–H groups in total. The summed E-state index contributed by atoms with van der Waals surface area (Å²) in [6, 6.07) is 3.22. The first-order chi connectivity index (χ1) is 5.13. The van der Waals surface area contributed by atoms with Gasteiger partial charge in [-0.15, -0.1) is 0 Å². The average molecular weight is 188 g/mol. The van der Waals surface area contributed by atoms with E-state index in [0.717, 1.165) is 11.1 Å². The van der Waals surface area contributed by atoms with Gasteiger partial charge < -0.3 is 0 Å². The maximum atomic E-state index is 2.38. The molecule has 0 aromatic carbocycles. The van der Waals surface area contributed by atoms with Crippen molar-refractivity contribution in [3.8, 4) is 0 Å². The van der Waals surface area contributed by atoms with Gasteiger partial charge in [-0.1, -0.05) is 57.3 Å². The Hall–Kier alpha value is 0.434. The molecule has 2 heteroatoms. The highest BCUT2D eigenvalue weighted by atomic mass is 28.2. The minimum Gasteiger partial charge on any atom is -0.0657 e. The molecule has 0 nitrogen and oxygen atoms in total. The van der Waals surface area contributed by atoms with Crippen molar-refractivity contribution in [2.45, 2.75) is 57.3 Å². The lowest BCUT2D eigenvalue weighted by molar-refractivity contribution is 0.971. The molecule has 0 rings (SSSR count). The minimum absolute atomic E-state index is 0.323. The maximum absolute atomic E-state index is 2.38. The molecule has 0 aliphatic rings. The van der Waals surface area contributed by atoms with Crippen LogP contribution < -0.4 is 0 Å². The standard InChI is InChI=1S/C9H24Si2/c1-8(2)10-6-5-7-11-9(3)4/h8-9H,5-7,10-11H2,1-4H3. The highest BCUT2D eigenvalue weighted by molar-refractivity contribution is 6.39. The molecule has 0 aliphatic carbocycles. The summed E-state index contributed by atoms with van der Waals surface area (Å²) in [4.78, 5) is 0. The van der Waals surface area contributed by atoms with Gasteiger partial charge in [0, 0.05) is 19.0 Å². The van der Waals surface area contributed by atoms with Crippen LogP contribution in [0.4, 0.5) is 0 Å². The normalized spacial score (nSPS) is 13.6. The van der Waals surface area contributed by atoms with Crippen LogP contribution in [0.5, 0.6) is 0 Å². The van der Waals surface area contributed by atoms with Crippen molar-refractivity contribution in [3.63, 3.8) is 0 Å². The van der Waals surface area contributed by atoms with Gasteiger partial charge in [0.05, 0.1) is 0 Å². The number of rotatable bonds is 6. The molecule has 0 fully saturated rings. The fourth-order valence-corrected chi connectivity index (χ4v) is 4.91. The van der Waals surface area contributed by atoms with Crippen molar-refractivity contribution in [1.82, 2.24) is 0 Å². The number of hydrogen-bond acceptors (Lipinski definition) is 0. The van der Waals surface area contributed by atoms with Crippen molar-refractivity contribution >= 4 is 19.0 Å². The summed E-state index contributed by atoms with van der Waals surface area (Å²) in [6.45, 7) is 9.52. The molecule has 0 heterocycles. The van der Waals surface area contributed by atoms with Crippen LogP contribution in [0, 0.1) is 0 Å². The monoisotopic (exact) mass is 188 g/mol. The summed E-state index contributed by atoms with van der Waals surface area (Å²) in [5.41, 5.74) is 2.10. The molecule has 0 aliphatic heterocycles. The van der Waals surface area contributed by atoms with E-state index in [0.29, 0.717) is 19.0 Å². The molecule has 11 heavy (non-hydrogen) atoms. The third-order valence-electron chi connectivity index (χ3n) is 2.06. The van der Waals surface area contributed by atoms with E-state index in [2.05, 4.69) is 27.7 Å². The molecule has 0 aromatic heterocycles. The van der Waals surface area contributed by atoms with Gasteiger partial charge in [-0.2, -0.15) is 0 Å². The Labute approximate surface area is 76.8 Å². The summed E-state index contributed by atoms with van der Waals surface area (Å²) in [7, 11) is 0.647. The molecule has 0 spiro atoms. The molecule has 0 saturated carbocycles. The van der Waals surface area contributed by atoms with Crippen LogP contribution in [0.1, 0.15) is 34.1 Å². The fourth-order valence-electron chi connectivity index (χ4n) is 1.28.